The van der Waals surface area contributed by atoms with Gasteiger partial charge in [0, 0.05) is 12.1 Å². The maximum Gasteiger partial charge on any atom is 0.0693 e. The van der Waals surface area contributed by atoms with Crippen LogP contribution >= 0.6 is 0 Å². The van der Waals surface area contributed by atoms with Crippen molar-refractivity contribution in [1.29, 1.82) is 0 Å². The van der Waals surface area contributed by atoms with Crippen LogP contribution in [0.2, 0.25) is 0 Å². The third-order valence-corrected chi connectivity index (χ3v) is 6.76. The van der Waals surface area contributed by atoms with Gasteiger partial charge in [0.1, 0.15) is 0 Å². The Bertz CT molecular complexity index is 324. The Labute approximate surface area is 147 Å². The lowest BCUT2D eigenvalue weighted by Crippen LogP contribution is -2.45. The van der Waals surface area contributed by atoms with Crippen molar-refractivity contribution in [3.63, 3.8) is 0 Å². The van der Waals surface area contributed by atoms with E-state index in [2.05, 4.69) is 10.6 Å². The van der Waals surface area contributed by atoms with E-state index in [1.54, 1.807) is 0 Å². The summed E-state index contributed by atoms with van der Waals surface area (Å²) in [4.78, 5) is 0. The van der Waals surface area contributed by atoms with Gasteiger partial charge in [-0.25, -0.2) is 0 Å². The first-order valence-electron chi connectivity index (χ1n) is 10.6. The molecule has 140 valence electrons. The van der Waals surface area contributed by atoms with Crippen molar-refractivity contribution < 1.29 is 10.2 Å². The van der Waals surface area contributed by atoms with E-state index in [0.717, 1.165) is 50.6 Å². The maximum atomic E-state index is 10.1. The van der Waals surface area contributed by atoms with Crippen LogP contribution in [-0.2, 0) is 0 Å². The fraction of sp³-hybridized carbons (Fsp3) is 1.00. The van der Waals surface area contributed by atoms with Gasteiger partial charge in [-0.1, -0.05) is 25.7 Å². The quantitative estimate of drug-likeness (QED) is 0.601. The molecule has 0 aromatic carbocycles. The van der Waals surface area contributed by atoms with Crippen LogP contribution in [0.1, 0.15) is 77.0 Å². The highest BCUT2D eigenvalue weighted by atomic mass is 16.3. The van der Waals surface area contributed by atoms with Crippen molar-refractivity contribution in [3.05, 3.63) is 0 Å². The molecule has 4 heteroatoms. The predicted octanol–water partition coefficient (Wildman–Crippen LogP) is 2.58. The topological polar surface area (TPSA) is 64.5 Å². The summed E-state index contributed by atoms with van der Waals surface area (Å²) in [7, 11) is 0. The van der Waals surface area contributed by atoms with Gasteiger partial charge in [0.2, 0.25) is 0 Å². The minimum Gasteiger partial charge on any atom is -0.392 e. The lowest BCUT2D eigenvalue weighted by molar-refractivity contribution is 0.0832. The Morgan fingerprint density at radius 2 is 0.917 bits per heavy atom. The Morgan fingerprint density at radius 3 is 1.29 bits per heavy atom. The molecule has 24 heavy (non-hydrogen) atoms. The van der Waals surface area contributed by atoms with Crippen LogP contribution in [0.3, 0.4) is 0 Å². The molecule has 3 fully saturated rings. The van der Waals surface area contributed by atoms with E-state index in [4.69, 9.17) is 0 Å². The number of aliphatic hydroxyl groups is 2. The molecule has 0 radical (unpaired) electrons. The van der Waals surface area contributed by atoms with Gasteiger partial charge >= 0.3 is 0 Å². The lowest BCUT2D eigenvalue weighted by atomic mass is 9.81. The molecule has 0 amide bonds. The Kier molecular flexibility index (Phi) is 7.38. The summed E-state index contributed by atoms with van der Waals surface area (Å²) >= 11 is 0. The van der Waals surface area contributed by atoms with Crippen molar-refractivity contribution in [3.8, 4) is 0 Å². The molecule has 3 rings (SSSR count). The van der Waals surface area contributed by atoms with Gasteiger partial charge in [-0.2, -0.15) is 0 Å². The molecule has 4 N–H and O–H groups in total. The van der Waals surface area contributed by atoms with Gasteiger partial charge < -0.3 is 20.8 Å². The number of rotatable bonds is 6. The summed E-state index contributed by atoms with van der Waals surface area (Å²) < 4.78 is 0. The molecule has 4 atom stereocenters. The smallest absolute Gasteiger partial charge is 0.0693 e. The van der Waals surface area contributed by atoms with Gasteiger partial charge in [0.15, 0.2) is 0 Å². The third-order valence-electron chi connectivity index (χ3n) is 6.76. The minimum atomic E-state index is -0.124. The van der Waals surface area contributed by atoms with E-state index in [-0.39, 0.29) is 12.2 Å². The van der Waals surface area contributed by atoms with Gasteiger partial charge in [0.05, 0.1) is 12.2 Å². The standard InChI is InChI=1S/C20H38N2O2/c23-19-7-3-1-5-17(19)21-13-15-9-11-16(12-10-15)14-22-18-6-2-4-8-20(18)24/h15-24H,1-14H2/t15?,16?,17-,18+,19-,20-/m1/s1. The SMILES string of the molecule is O[C@@H]1CCCC[C@@H]1NCC1CCC(CN[C@@H]2CCCC[C@H]2O)CC1. The van der Waals surface area contributed by atoms with Gasteiger partial charge in [-0.15, -0.1) is 0 Å². The third kappa shape index (κ3) is 5.42. The van der Waals surface area contributed by atoms with Crippen molar-refractivity contribution in [2.45, 2.75) is 101 Å². The van der Waals surface area contributed by atoms with Crippen molar-refractivity contribution >= 4 is 0 Å². The van der Waals surface area contributed by atoms with Gasteiger partial charge in [-0.05, 0) is 76.3 Å². The highest BCUT2D eigenvalue weighted by molar-refractivity contribution is 4.84. The molecule has 3 aliphatic carbocycles. The number of aliphatic hydroxyl groups excluding tert-OH is 2. The average molecular weight is 339 g/mol. The van der Waals surface area contributed by atoms with E-state index >= 15 is 0 Å². The molecule has 0 spiro atoms. The molecular formula is C20H38N2O2. The molecule has 0 aliphatic heterocycles. The second-order valence-electron chi connectivity index (χ2n) is 8.62. The van der Waals surface area contributed by atoms with E-state index in [1.165, 1.54) is 51.4 Å². The molecule has 3 saturated carbocycles. The Hall–Kier alpha value is -0.160. The van der Waals surface area contributed by atoms with Crippen molar-refractivity contribution in [2.24, 2.45) is 11.8 Å². The van der Waals surface area contributed by atoms with Crippen LogP contribution in [0.15, 0.2) is 0 Å². The van der Waals surface area contributed by atoms with Crippen molar-refractivity contribution in [1.82, 2.24) is 10.6 Å². The highest BCUT2D eigenvalue weighted by Gasteiger charge is 2.27. The van der Waals surface area contributed by atoms with Crippen LogP contribution in [0.4, 0.5) is 0 Å². The number of nitrogens with one attached hydrogen (secondary N) is 2. The summed E-state index contributed by atoms with van der Waals surface area (Å²) in [5.74, 6) is 1.58. The molecular weight excluding hydrogens is 300 g/mol. The van der Waals surface area contributed by atoms with Gasteiger partial charge in [-0.3, -0.25) is 0 Å². The van der Waals surface area contributed by atoms with Gasteiger partial charge in [0.25, 0.3) is 0 Å². The Morgan fingerprint density at radius 1 is 0.542 bits per heavy atom. The zero-order valence-electron chi connectivity index (χ0n) is 15.3. The van der Waals surface area contributed by atoms with Crippen molar-refractivity contribution in [2.75, 3.05) is 13.1 Å². The molecule has 0 saturated heterocycles. The highest BCUT2D eigenvalue weighted by Crippen LogP contribution is 2.29. The lowest BCUT2D eigenvalue weighted by Gasteiger charge is -2.34. The van der Waals surface area contributed by atoms with E-state index in [0.29, 0.717) is 12.1 Å². The summed E-state index contributed by atoms with van der Waals surface area (Å²) in [5, 5.41) is 27.4. The zero-order valence-corrected chi connectivity index (χ0v) is 15.3. The summed E-state index contributed by atoms with van der Waals surface area (Å²) in [6.45, 7) is 2.17. The van der Waals surface area contributed by atoms with Crippen LogP contribution in [0, 0.1) is 11.8 Å². The second kappa shape index (κ2) is 9.51. The molecule has 0 aromatic rings. The first kappa shape index (κ1) is 18.6. The van der Waals surface area contributed by atoms with E-state index in [9.17, 15) is 10.2 Å². The second-order valence-corrected chi connectivity index (χ2v) is 8.62. The largest absolute Gasteiger partial charge is 0.392 e. The first-order chi connectivity index (χ1) is 11.7. The number of hydrogen-bond acceptors (Lipinski definition) is 4. The van der Waals surface area contributed by atoms with Crippen LogP contribution < -0.4 is 10.6 Å². The van der Waals surface area contributed by atoms with Crippen LogP contribution in [0.25, 0.3) is 0 Å². The maximum absolute atomic E-state index is 10.1. The first-order valence-corrected chi connectivity index (χ1v) is 10.6. The van der Waals surface area contributed by atoms with Crippen LogP contribution in [0.5, 0.6) is 0 Å². The molecule has 4 nitrogen and oxygen atoms in total. The fourth-order valence-corrected chi connectivity index (χ4v) is 4.97. The molecule has 0 unspecified atom stereocenters. The zero-order chi connectivity index (χ0) is 16.8. The predicted molar refractivity (Wildman–Crippen MR) is 98.0 cm³/mol. The summed E-state index contributed by atoms with van der Waals surface area (Å²) in [6, 6.07) is 0.678. The Balaban J connectivity index is 1.29. The average Bonchev–Trinajstić information content (AvgIpc) is 2.61. The van der Waals surface area contributed by atoms with Crippen LogP contribution in [-0.4, -0.2) is 47.6 Å². The van der Waals surface area contributed by atoms with E-state index in [1.807, 2.05) is 0 Å². The summed E-state index contributed by atoms with van der Waals surface area (Å²) in [6.07, 6.45) is 14.2. The molecule has 3 aliphatic rings. The number of hydrogen-bond donors (Lipinski definition) is 4. The monoisotopic (exact) mass is 338 g/mol. The fourth-order valence-electron chi connectivity index (χ4n) is 4.97. The molecule has 0 aromatic heterocycles. The summed E-state index contributed by atoms with van der Waals surface area (Å²) in [5.41, 5.74) is 0. The van der Waals surface area contributed by atoms with E-state index < -0.39 is 0 Å². The minimum absolute atomic E-state index is 0.124. The molecule has 0 bridgehead atoms. The normalized spacial score (nSPS) is 41.2. The molecule has 0 heterocycles.